The second kappa shape index (κ2) is 6.95. The number of benzene rings is 2. The number of fused-ring (bicyclic) bond motifs is 1. The van der Waals surface area contributed by atoms with E-state index in [9.17, 15) is 12.8 Å². The van der Waals surface area contributed by atoms with Gasteiger partial charge in [-0.1, -0.05) is 36.0 Å². The first-order chi connectivity index (χ1) is 12.8. The molecule has 0 aliphatic carbocycles. The molecule has 0 unspecified atom stereocenters. The molecule has 0 radical (unpaired) electrons. The number of aliphatic imine (C=N–C) groups is 1. The number of hydrogen-bond donors (Lipinski definition) is 0. The van der Waals surface area contributed by atoms with Crippen LogP contribution in [0.25, 0.3) is 0 Å². The van der Waals surface area contributed by atoms with Crippen LogP contribution < -0.4 is 4.90 Å². The maximum absolute atomic E-state index is 14.0. The lowest BCUT2D eigenvalue weighted by atomic mass is 10.1. The maximum Gasteiger partial charge on any atom is 0.164 e. The van der Waals surface area contributed by atoms with Crippen LogP contribution in [0.3, 0.4) is 0 Å². The zero-order valence-corrected chi connectivity index (χ0v) is 16.9. The summed E-state index contributed by atoms with van der Waals surface area (Å²) < 4.78 is 38.2. The van der Waals surface area contributed by atoms with Gasteiger partial charge in [0.15, 0.2) is 15.0 Å². The summed E-state index contributed by atoms with van der Waals surface area (Å²) in [6.45, 7) is 4.09. The summed E-state index contributed by atoms with van der Waals surface area (Å²) in [5.41, 5.74) is 3.90. The van der Waals surface area contributed by atoms with E-state index in [-0.39, 0.29) is 29.4 Å². The molecule has 4 rings (SSSR count). The summed E-state index contributed by atoms with van der Waals surface area (Å²) >= 11 is 1.46. The number of thioether (sulfide) groups is 1. The Morgan fingerprint density at radius 1 is 1.15 bits per heavy atom. The van der Waals surface area contributed by atoms with E-state index in [1.807, 2.05) is 36.9 Å². The molecule has 0 amide bonds. The average molecular weight is 405 g/mol. The molecule has 1 saturated heterocycles. The Balaban J connectivity index is 1.65. The van der Waals surface area contributed by atoms with E-state index in [0.29, 0.717) is 11.3 Å². The van der Waals surface area contributed by atoms with Crippen molar-refractivity contribution < 1.29 is 12.8 Å². The quantitative estimate of drug-likeness (QED) is 0.782. The lowest BCUT2D eigenvalue weighted by Gasteiger charge is -2.27. The smallest absolute Gasteiger partial charge is 0.164 e. The number of hydrogen-bond acceptors (Lipinski definition) is 5. The molecule has 0 spiro atoms. The van der Waals surface area contributed by atoms with Crippen molar-refractivity contribution >= 4 is 32.5 Å². The summed E-state index contributed by atoms with van der Waals surface area (Å²) in [6, 6.07) is 12.4. The summed E-state index contributed by atoms with van der Waals surface area (Å²) in [7, 11) is -3.08. The number of amidine groups is 1. The fourth-order valence-electron chi connectivity index (χ4n) is 3.57. The minimum atomic E-state index is -3.08. The van der Waals surface area contributed by atoms with Crippen molar-refractivity contribution in [1.29, 1.82) is 0 Å². The second-order valence-corrected chi connectivity index (χ2v) is 10.2. The molecule has 0 aromatic heterocycles. The molecule has 27 heavy (non-hydrogen) atoms. The van der Waals surface area contributed by atoms with Crippen LogP contribution in [0.15, 0.2) is 47.5 Å². The van der Waals surface area contributed by atoms with Gasteiger partial charge >= 0.3 is 0 Å². The lowest BCUT2D eigenvalue weighted by molar-refractivity contribution is 0.601. The zero-order chi connectivity index (χ0) is 19.2. The third-order valence-corrected chi connectivity index (χ3v) is 7.91. The minimum Gasteiger partial charge on any atom is -0.315 e. The highest BCUT2D eigenvalue weighted by atomic mass is 32.2. The van der Waals surface area contributed by atoms with Gasteiger partial charge in [-0.15, -0.1) is 0 Å². The highest BCUT2D eigenvalue weighted by Crippen LogP contribution is 2.36. The molecule has 2 heterocycles. The van der Waals surface area contributed by atoms with Crippen LogP contribution >= 0.6 is 11.8 Å². The average Bonchev–Trinajstić information content (AvgIpc) is 3.08. The Bertz CT molecular complexity index is 1020. The molecule has 0 saturated carbocycles. The van der Waals surface area contributed by atoms with Crippen molar-refractivity contribution in [2.24, 2.45) is 4.99 Å². The van der Waals surface area contributed by atoms with Gasteiger partial charge in [-0.2, -0.15) is 0 Å². The van der Waals surface area contributed by atoms with Gasteiger partial charge in [0, 0.05) is 11.4 Å². The first-order valence-electron chi connectivity index (χ1n) is 8.85. The number of anilines is 1. The second-order valence-electron chi connectivity index (χ2n) is 7.14. The van der Waals surface area contributed by atoms with Crippen molar-refractivity contribution in [2.75, 3.05) is 16.4 Å². The molecule has 142 valence electrons. The Morgan fingerprint density at radius 2 is 1.93 bits per heavy atom. The SMILES string of the molecule is Cc1ccc(N2C(SCc3ccccc3F)=N[C@@H]3CS(=O)(=O)C[C@@H]32)cc1C. The zero-order valence-electron chi connectivity index (χ0n) is 15.2. The number of aryl methyl sites for hydroxylation is 2. The van der Waals surface area contributed by atoms with Crippen LogP contribution in [0.2, 0.25) is 0 Å². The van der Waals surface area contributed by atoms with Crippen molar-refractivity contribution in [2.45, 2.75) is 31.7 Å². The van der Waals surface area contributed by atoms with Gasteiger partial charge in [0.25, 0.3) is 0 Å². The topological polar surface area (TPSA) is 49.7 Å². The fraction of sp³-hybridized carbons (Fsp3) is 0.350. The molecule has 7 heteroatoms. The van der Waals surface area contributed by atoms with Gasteiger partial charge in [-0.3, -0.25) is 4.99 Å². The predicted molar refractivity (Wildman–Crippen MR) is 110 cm³/mol. The first kappa shape index (κ1) is 18.5. The number of halogens is 1. The molecule has 0 bridgehead atoms. The third-order valence-electron chi connectivity index (χ3n) is 5.19. The molecule has 2 aliphatic rings. The molecule has 1 fully saturated rings. The number of sulfone groups is 1. The summed E-state index contributed by atoms with van der Waals surface area (Å²) in [5.74, 6) is 0.420. The standard InChI is InChI=1S/C20H21FN2O2S2/c1-13-7-8-16(9-14(13)2)23-19-12-27(24,25)11-18(19)22-20(23)26-10-15-5-3-4-6-17(15)21/h3-9,18-19H,10-12H2,1-2H3/t18-,19+/m1/s1. The van der Waals surface area contributed by atoms with Gasteiger partial charge < -0.3 is 4.90 Å². The van der Waals surface area contributed by atoms with E-state index in [4.69, 9.17) is 4.99 Å². The lowest BCUT2D eigenvalue weighted by Crippen LogP contribution is -2.39. The monoisotopic (exact) mass is 404 g/mol. The van der Waals surface area contributed by atoms with Crippen LogP contribution in [0.4, 0.5) is 10.1 Å². The van der Waals surface area contributed by atoms with Crippen molar-refractivity contribution in [1.82, 2.24) is 0 Å². The Labute approximate surface area is 163 Å². The van der Waals surface area contributed by atoms with Crippen molar-refractivity contribution in [3.63, 3.8) is 0 Å². The largest absolute Gasteiger partial charge is 0.315 e. The molecular formula is C20H21FN2O2S2. The molecule has 2 aliphatic heterocycles. The molecule has 2 aromatic carbocycles. The van der Waals surface area contributed by atoms with E-state index in [1.54, 1.807) is 12.1 Å². The summed E-state index contributed by atoms with van der Waals surface area (Å²) in [5, 5.41) is 0.770. The van der Waals surface area contributed by atoms with E-state index in [0.717, 1.165) is 16.4 Å². The van der Waals surface area contributed by atoms with Crippen molar-refractivity contribution in [3.05, 3.63) is 65.0 Å². The van der Waals surface area contributed by atoms with E-state index in [2.05, 4.69) is 6.07 Å². The summed E-state index contributed by atoms with van der Waals surface area (Å²) in [6.07, 6.45) is 0. The fourth-order valence-corrected chi connectivity index (χ4v) is 6.52. The highest BCUT2D eigenvalue weighted by molar-refractivity contribution is 8.13. The van der Waals surface area contributed by atoms with Crippen LogP contribution in [0, 0.1) is 19.7 Å². The van der Waals surface area contributed by atoms with E-state index < -0.39 is 9.84 Å². The highest BCUT2D eigenvalue weighted by Gasteiger charge is 2.47. The van der Waals surface area contributed by atoms with Gasteiger partial charge in [0.05, 0.1) is 23.6 Å². The van der Waals surface area contributed by atoms with E-state index in [1.165, 1.54) is 23.4 Å². The molecule has 2 aromatic rings. The van der Waals surface area contributed by atoms with Gasteiger partial charge in [0.1, 0.15) is 5.82 Å². The molecular weight excluding hydrogens is 383 g/mol. The Kier molecular flexibility index (Phi) is 4.76. The third kappa shape index (κ3) is 3.62. The first-order valence-corrected chi connectivity index (χ1v) is 11.7. The van der Waals surface area contributed by atoms with Gasteiger partial charge in [-0.25, -0.2) is 12.8 Å². The van der Waals surface area contributed by atoms with Crippen LogP contribution in [-0.2, 0) is 15.6 Å². The minimum absolute atomic E-state index is 0.0861. The number of nitrogens with zero attached hydrogens (tertiary/aromatic N) is 2. The normalized spacial score (nSPS) is 23.4. The van der Waals surface area contributed by atoms with Gasteiger partial charge in [-0.05, 0) is 48.7 Å². The van der Waals surface area contributed by atoms with Crippen LogP contribution in [-0.4, -0.2) is 37.2 Å². The summed E-state index contributed by atoms with van der Waals surface area (Å²) in [4.78, 5) is 6.74. The maximum atomic E-state index is 14.0. The Hall–Kier alpha value is -1.86. The molecule has 0 N–H and O–H groups in total. The molecule has 4 nitrogen and oxygen atoms in total. The predicted octanol–water partition coefficient (Wildman–Crippen LogP) is 3.72. The Morgan fingerprint density at radius 3 is 2.67 bits per heavy atom. The van der Waals surface area contributed by atoms with Gasteiger partial charge in [0.2, 0.25) is 0 Å². The van der Waals surface area contributed by atoms with E-state index >= 15 is 0 Å². The molecule has 2 atom stereocenters. The number of rotatable bonds is 3. The van der Waals surface area contributed by atoms with Crippen molar-refractivity contribution in [3.8, 4) is 0 Å². The van der Waals surface area contributed by atoms with Crippen LogP contribution in [0.5, 0.6) is 0 Å². The van der Waals surface area contributed by atoms with Crippen LogP contribution in [0.1, 0.15) is 16.7 Å².